The molecule has 0 spiro atoms. The normalized spacial score (nSPS) is 11.3. The van der Waals surface area contributed by atoms with Gasteiger partial charge in [-0.3, -0.25) is 9.98 Å². The number of H-pyrrole nitrogens is 1. The summed E-state index contributed by atoms with van der Waals surface area (Å²) in [4.78, 5) is 15.8. The van der Waals surface area contributed by atoms with Gasteiger partial charge in [-0.05, 0) is 12.1 Å². The van der Waals surface area contributed by atoms with Gasteiger partial charge in [-0.2, -0.15) is 0 Å². The molecule has 4 heteroatoms. The van der Waals surface area contributed by atoms with Crippen LogP contribution in [0, 0.1) is 0 Å². The molecular weight excluding hydrogens is 212 g/mol. The Morgan fingerprint density at radius 3 is 2.88 bits per heavy atom. The maximum atomic E-state index is 4.40. The van der Waals surface area contributed by atoms with Gasteiger partial charge in [0.1, 0.15) is 5.82 Å². The first kappa shape index (κ1) is 9.72. The standard InChI is InChI=1S/C13H10N4/c1-3-10-4-2-6-16-13(10)11(5-1)17-9-12-14-7-8-15-12/h1-9H,(H,14,15). The summed E-state index contributed by atoms with van der Waals surface area (Å²) < 4.78 is 0. The van der Waals surface area contributed by atoms with Crippen LogP contribution in [0.25, 0.3) is 10.9 Å². The monoisotopic (exact) mass is 222 g/mol. The highest BCUT2D eigenvalue weighted by atomic mass is 14.9. The molecule has 17 heavy (non-hydrogen) atoms. The van der Waals surface area contributed by atoms with Gasteiger partial charge in [-0.25, -0.2) is 4.98 Å². The minimum atomic E-state index is 0.734. The average Bonchev–Trinajstić information content (AvgIpc) is 2.89. The van der Waals surface area contributed by atoms with Crippen molar-refractivity contribution in [3.05, 3.63) is 54.7 Å². The van der Waals surface area contributed by atoms with Crippen molar-refractivity contribution in [1.82, 2.24) is 15.0 Å². The molecule has 0 aliphatic rings. The summed E-state index contributed by atoms with van der Waals surface area (Å²) in [6, 6.07) is 9.87. The number of rotatable bonds is 2. The Morgan fingerprint density at radius 1 is 1.06 bits per heavy atom. The number of nitrogens with one attached hydrogen (secondary N) is 1. The van der Waals surface area contributed by atoms with E-state index in [1.165, 1.54) is 0 Å². The van der Waals surface area contributed by atoms with E-state index in [1.54, 1.807) is 24.8 Å². The number of aromatic amines is 1. The second-order valence-corrected chi connectivity index (χ2v) is 3.58. The van der Waals surface area contributed by atoms with Crippen molar-refractivity contribution in [3.63, 3.8) is 0 Å². The number of benzene rings is 1. The quantitative estimate of drug-likeness (QED) is 0.678. The second kappa shape index (κ2) is 4.17. The predicted octanol–water partition coefficient (Wildman–Crippen LogP) is 2.71. The molecule has 0 amide bonds. The largest absolute Gasteiger partial charge is 0.344 e. The third kappa shape index (κ3) is 1.92. The van der Waals surface area contributed by atoms with Gasteiger partial charge in [-0.15, -0.1) is 0 Å². The SMILES string of the molecule is C(=Nc1cccc2cccnc12)c1ncc[nH]1. The number of aliphatic imine (C=N–C) groups is 1. The highest BCUT2D eigenvalue weighted by molar-refractivity contribution is 5.91. The molecule has 0 atom stereocenters. The summed E-state index contributed by atoms with van der Waals surface area (Å²) in [5.41, 5.74) is 1.75. The number of hydrogen-bond donors (Lipinski definition) is 1. The van der Waals surface area contributed by atoms with Crippen LogP contribution >= 0.6 is 0 Å². The molecule has 0 aliphatic heterocycles. The molecule has 3 aromatic rings. The Morgan fingerprint density at radius 2 is 2.00 bits per heavy atom. The molecule has 3 rings (SSSR count). The maximum Gasteiger partial charge on any atom is 0.148 e. The Bertz CT molecular complexity index is 651. The molecule has 0 saturated heterocycles. The van der Waals surface area contributed by atoms with Gasteiger partial charge in [0, 0.05) is 24.0 Å². The van der Waals surface area contributed by atoms with Crippen LogP contribution in [0.15, 0.2) is 53.9 Å². The first-order valence-electron chi connectivity index (χ1n) is 5.31. The molecular formula is C13H10N4. The second-order valence-electron chi connectivity index (χ2n) is 3.58. The van der Waals surface area contributed by atoms with Gasteiger partial charge in [-0.1, -0.05) is 18.2 Å². The Hall–Kier alpha value is -2.49. The zero-order chi connectivity index (χ0) is 11.5. The molecule has 82 valence electrons. The van der Waals surface area contributed by atoms with Crippen LogP contribution < -0.4 is 0 Å². The zero-order valence-electron chi connectivity index (χ0n) is 9.04. The number of hydrogen-bond acceptors (Lipinski definition) is 3. The predicted molar refractivity (Wildman–Crippen MR) is 67.6 cm³/mol. The zero-order valence-corrected chi connectivity index (χ0v) is 9.04. The highest BCUT2D eigenvalue weighted by Gasteiger charge is 1.98. The van der Waals surface area contributed by atoms with Gasteiger partial charge in [0.2, 0.25) is 0 Å². The summed E-state index contributed by atoms with van der Waals surface area (Å²) in [6.45, 7) is 0. The van der Waals surface area contributed by atoms with Crippen LogP contribution in [-0.2, 0) is 0 Å². The van der Waals surface area contributed by atoms with Crippen LogP contribution in [0.2, 0.25) is 0 Å². The molecule has 2 aromatic heterocycles. The molecule has 0 aliphatic carbocycles. The lowest BCUT2D eigenvalue weighted by molar-refractivity contribution is 1.27. The van der Waals surface area contributed by atoms with E-state index in [1.807, 2.05) is 30.3 Å². The van der Waals surface area contributed by atoms with Crippen LogP contribution in [0.1, 0.15) is 5.82 Å². The van der Waals surface area contributed by atoms with E-state index in [0.29, 0.717) is 0 Å². The van der Waals surface area contributed by atoms with Crippen molar-refractivity contribution < 1.29 is 0 Å². The summed E-state index contributed by atoms with van der Waals surface area (Å²) in [5, 5.41) is 1.08. The van der Waals surface area contributed by atoms with Gasteiger partial charge in [0.05, 0.1) is 17.4 Å². The molecule has 0 fully saturated rings. The van der Waals surface area contributed by atoms with Crippen molar-refractivity contribution in [1.29, 1.82) is 0 Å². The van der Waals surface area contributed by atoms with Gasteiger partial charge in [0.15, 0.2) is 0 Å². The van der Waals surface area contributed by atoms with Crippen molar-refractivity contribution in [2.24, 2.45) is 4.99 Å². The Labute approximate surface area is 98.1 Å². The number of nitrogens with zero attached hydrogens (tertiary/aromatic N) is 3. The number of pyridine rings is 1. The minimum absolute atomic E-state index is 0.734. The van der Waals surface area contributed by atoms with Crippen molar-refractivity contribution in [3.8, 4) is 0 Å². The lowest BCUT2D eigenvalue weighted by Gasteiger charge is -1.99. The van der Waals surface area contributed by atoms with Gasteiger partial charge >= 0.3 is 0 Å². The fraction of sp³-hybridized carbons (Fsp3) is 0. The van der Waals surface area contributed by atoms with Gasteiger partial charge in [0.25, 0.3) is 0 Å². The molecule has 0 radical (unpaired) electrons. The maximum absolute atomic E-state index is 4.40. The summed E-state index contributed by atoms with van der Waals surface area (Å²) in [7, 11) is 0. The van der Waals surface area contributed by atoms with E-state index >= 15 is 0 Å². The number of para-hydroxylation sites is 1. The molecule has 1 N–H and O–H groups in total. The topological polar surface area (TPSA) is 53.9 Å². The number of aromatic nitrogens is 3. The third-order valence-electron chi connectivity index (χ3n) is 2.46. The van der Waals surface area contributed by atoms with E-state index in [2.05, 4.69) is 19.9 Å². The average molecular weight is 222 g/mol. The van der Waals surface area contributed by atoms with Crippen LogP contribution in [0.4, 0.5) is 5.69 Å². The Balaban J connectivity index is 2.06. The number of fused-ring (bicyclic) bond motifs is 1. The van der Waals surface area contributed by atoms with E-state index in [0.717, 1.165) is 22.4 Å². The van der Waals surface area contributed by atoms with Crippen molar-refractivity contribution >= 4 is 22.8 Å². The van der Waals surface area contributed by atoms with E-state index in [9.17, 15) is 0 Å². The highest BCUT2D eigenvalue weighted by Crippen LogP contribution is 2.22. The fourth-order valence-electron chi connectivity index (χ4n) is 1.67. The van der Waals surface area contributed by atoms with E-state index in [-0.39, 0.29) is 0 Å². The van der Waals surface area contributed by atoms with Crippen molar-refractivity contribution in [2.45, 2.75) is 0 Å². The van der Waals surface area contributed by atoms with Crippen LogP contribution in [0.3, 0.4) is 0 Å². The van der Waals surface area contributed by atoms with Crippen LogP contribution in [0.5, 0.6) is 0 Å². The van der Waals surface area contributed by atoms with Crippen LogP contribution in [-0.4, -0.2) is 21.2 Å². The minimum Gasteiger partial charge on any atom is -0.344 e. The molecule has 1 aromatic carbocycles. The molecule has 0 saturated carbocycles. The lowest BCUT2D eigenvalue weighted by atomic mass is 10.2. The third-order valence-corrected chi connectivity index (χ3v) is 2.46. The smallest absolute Gasteiger partial charge is 0.148 e. The first-order valence-corrected chi connectivity index (χ1v) is 5.31. The summed E-state index contributed by atoms with van der Waals surface area (Å²) in [6.07, 6.45) is 6.93. The summed E-state index contributed by atoms with van der Waals surface area (Å²) >= 11 is 0. The van der Waals surface area contributed by atoms with Crippen molar-refractivity contribution in [2.75, 3.05) is 0 Å². The number of imidazole rings is 1. The fourth-order valence-corrected chi connectivity index (χ4v) is 1.67. The Kier molecular flexibility index (Phi) is 2.38. The molecule has 0 unspecified atom stereocenters. The summed E-state index contributed by atoms with van der Waals surface area (Å²) in [5.74, 6) is 0.734. The molecule has 4 nitrogen and oxygen atoms in total. The molecule has 2 heterocycles. The van der Waals surface area contributed by atoms with E-state index < -0.39 is 0 Å². The first-order chi connectivity index (χ1) is 8.43. The lowest BCUT2D eigenvalue weighted by Crippen LogP contribution is -1.83. The van der Waals surface area contributed by atoms with E-state index in [4.69, 9.17) is 0 Å². The van der Waals surface area contributed by atoms with Gasteiger partial charge < -0.3 is 4.98 Å². The molecule has 0 bridgehead atoms.